The minimum absolute atomic E-state index is 0.342. The minimum atomic E-state index is -1.45. The average molecular weight is 506 g/mol. The number of ether oxygens (including phenoxy) is 1. The number of para-hydroxylation sites is 1. The number of aromatic nitrogens is 1. The number of carboxylic acids is 1. The number of rotatable bonds is 10. The molecule has 4 rings (SSSR count). The van der Waals surface area contributed by atoms with E-state index in [0.717, 1.165) is 11.3 Å². The molecule has 0 aliphatic rings. The zero-order valence-corrected chi connectivity index (χ0v) is 21.0. The second-order valence-electron chi connectivity index (χ2n) is 8.69. The fourth-order valence-electron chi connectivity index (χ4n) is 3.59. The molecular weight excluding hydrogens is 478 g/mol. The number of hydrogen-bond acceptors (Lipinski definition) is 7. The first kappa shape index (κ1) is 25.0. The third-order valence-electron chi connectivity index (χ3n) is 5.60. The molecule has 0 saturated heterocycles. The Kier molecular flexibility index (Phi) is 7.40. The molecule has 0 bridgehead atoms. The summed E-state index contributed by atoms with van der Waals surface area (Å²) in [5, 5.41) is 16.1. The van der Waals surface area contributed by atoms with Crippen molar-refractivity contribution in [2.75, 3.05) is 11.9 Å². The van der Waals surface area contributed by atoms with E-state index < -0.39 is 17.4 Å². The van der Waals surface area contributed by atoms with Gasteiger partial charge in [0.15, 0.2) is 0 Å². The summed E-state index contributed by atoms with van der Waals surface area (Å²) in [5.74, 6) is -0.530. The van der Waals surface area contributed by atoms with Gasteiger partial charge in [-0.25, -0.2) is 9.78 Å². The third kappa shape index (κ3) is 5.58. The van der Waals surface area contributed by atoms with Gasteiger partial charge in [0.2, 0.25) is 5.89 Å². The monoisotopic (exact) mass is 505 g/mol. The van der Waals surface area contributed by atoms with Gasteiger partial charge in [-0.2, -0.15) is 0 Å². The summed E-state index contributed by atoms with van der Waals surface area (Å²) in [4.78, 5) is 29.8. The van der Waals surface area contributed by atoms with Gasteiger partial charge in [-0.15, -0.1) is 11.3 Å². The van der Waals surface area contributed by atoms with E-state index in [-0.39, 0.29) is 6.10 Å². The first-order chi connectivity index (χ1) is 17.3. The lowest BCUT2D eigenvalue weighted by atomic mass is 10.0. The molecule has 186 valence electrons. The quantitative estimate of drug-likeness (QED) is 0.259. The molecule has 1 amide bonds. The van der Waals surface area contributed by atoms with Crippen LogP contribution in [-0.4, -0.2) is 34.1 Å². The molecule has 0 saturated carbocycles. The molecule has 0 aliphatic heterocycles. The van der Waals surface area contributed by atoms with Crippen molar-refractivity contribution in [2.24, 2.45) is 0 Å². The number of amides is 1. The Morgan fingerprint density at radius 3 is 2.39 bits per heavy atom. The number of carbonyl (C=O) groups is 2. The highest BCUT2D eigenvalue weighted by atomic mass is 32.1. The van der Waals surface area contributed by atoms with Crippen LogP contribution < -0.4 is 15.4 Å². The molecule has 4 aromatic rings. The number of hydrogen-bond donors (Lipinski definition) is 3. The predicted octanol–water partition coefficient (Wildman–Crippen LogP) is 5.54. The van der Waals surface area contributed by atoms with Crippen LogP contribution in [0.4, 0.5) is 5.00 Å². The van der Waals surface area contributed by atoms with Crippen molar-refractivity contribution in [1.82, 2.24) is 10.3 Å². The van der Waals surface area contributed by atoms with E-state index in [4.69, 9.17) is 9.15 Å². The van der Waals surface area contributed by atoms with Crippen molar-refractivity contribution in [2.45, 2.75) is 32.4 Å². The van der Waals surface area contributed by atoms with Gasteiger partial charge in [-0.05, 0) is 44.0 Å². The van der Waals surface area contributed by atoms with Gasteiger partial charge in [0.25, 0.3) is 5.91 Å². The zero-order valence-electron chi connectivity index (χ0n) is 20.1. The maximum atomic E-state index is 13.3. The Labute approximate surface area is 213 Å². The van der Waals surface area contributed by atoms with E-state index in [1.807, 2.05) is 60.7 Å². The number of nitrogens with zero attached hydrogens (tertiary/aromatic N) is 1. The van der Waals surface area contributed by atoms with E-state index in [1.54, 1.807) is 6.92 Å². The van der Waals surface area contributed by atoms with Gasteiger partial charge in [0.1, 0.15) is 28.7 Å². The highest BCUT2D eigenvalue weighted by Gasteiger charge is 2.32. The van der Waals surface area contributed by atoms with Crippen LogP contribution in [0, 0.1) is 6.92 Å². The first-order valence-electron chi connectivity index (χ1n) is 11.4. The average Bonchev–Trinajstić information content (AvgIpc) is 3.50. The fourth-order valence-corrected chi connectivity index (χ4v) is 4.75. The number of nitrogens with one attached hydrogen (secondary N) is 2. The lowest BCUT2D eigenvalue weighted by molar-refractivity contribution is -0.143. The van der Waals surface area contributed by atoms with E-state index in [0.29, 0.717) is 33.4 Å². The summed E-state index contributed by atoms with van der Waals surface area (Å²) >= 11 is 1.32. The predicted molar refractivity (Wildman–Crippen MR) is 138 cm³/mol. The number of benzene rings is 2. The third-order valence-corrected chi connectivity index (χ3v) is 6.84. The Balaban J connectivity index is 1.66. The molecule has 0 radical (unpaired) electrons. The van der Waals surface area contributed by atoms with Crippen molar-refractivity contribution in [1.29, 1.82) is 0 Å². The first-order valence-corrected chi connectivity index (χ1v) is 12.2. The SMILES string of the molecule is Cc1c(-c2ncco2)sc(NCC(Oc2ccccc2)c2ccccc2)c1C(=O)NC(C)(C)C(=O)O. The second kappa shape index (κ2) is 10.7. The van der Waals surface area contributed by atoms with Crippen LogP contribution in [0.25, 0.3) is 10.8 Å². The summed E-state index contributed by atoms with van der Waals surface area (Å²) in [7, 11) is 0. The van der Waals surface area contributed by atoms with Gasteiger partial charge < -0.3 is 24.9 Å². The number of oxazole rings is 1. The van der Waals surface area contributed by atoms with Gasteiger partial charge in [-0.3, -0.25) is 4.79 Å². The highest BCUT2D eigenvalue weighted by molar-refractivity contribution is 7.20. The van der Waals surface area contributed by atoms with Crippen LogP contribution in [0.3, 0.4) is 0 Å². The zero-order chi connectivity index (χ0) is 25.7. The van der Waals surface area contributed by atoms with Crippen molar-refractivity contribution in [3.8, 4) is 16.5 Å². The molecule has 2 aromatic heterocycles. The lowest BCUT2D eigenvalue weighted by Gasteiger charge is -2.23. The number of carboxylic acid groups (broad SMARTS) is 1. The van der Waals surface area contributed by atoms with Crippen LogP contribution in [0.15, 0.2) is 77.5 Å². The number of anilines is 1. The van der Waals surface area contributed by atoms with Crippen molar-refractivity contribution in [3.05, 3.63) is 89.8 Å². The van der Waals surface area contributed by atoms with Gasteiger partial charge in [0.05, 0.1) is 23.2 Å². The molecule has 0 fully saturated rings. The van der Waals surface area contributed by atoms with Crippen LogP contribution >= 0.6 is 11.3 Å². The van der Waals surface area contributed by atoms with Crippen LogP contribution in [0.5, 0.6) is 5.75 Å². The van der Waals surface area contributed by atoms with Crippen molar-refractivity contribution < 1.29 is 23.8 Å². The molecule has 0 spiro atoms. The number of thiophene rings is 1. The van der Waals surface area contributed by atoms with Crippen LogP contribution in [0.1, 0.15) is 41.4 Å². The fraction of sp³-hybridized carbons (Fsp3) is 0.222. The number of carbonyl (C=O) groups excluding carboxylic acids is 1. The maximum absolute atomic E-state index is 13.3. The van der Waals surface area contributed by atoms with Gasteiger partial charge in [-0.1, -0.05) is 48.5 Å². The molecule has 9 heteroatoms. The van der Waals surface area contributed by atoms with Crippen molar-refractivity contribution in [3.63, 3.8) is 0 Å². The molecule has 2 heterocycles. The van der Waals surface area contributed by atoms with Crippen molar-refractivity contribution >= 4 is 28.2 Å². The highest BCUT2D eigenvalue weighted by Crippen LogP contribution is 2.40. The maximum Gasteiger partial charge on any atom is 0.328 e. The Bertz CT molecular complexity index is 1320. The standard InChI is InChI=1S/C27H27N3O5S/c1-17-21(23(31)30-27(2,3)26(32)33)25(36-22(17)24-28-14-15-34-24)29-16-20(18-10-6-4-7-11-18)35-19-12-8-5-9-13-19/h4-15,20,29H,16H2,1-3H3,(H,30,31)(H,32,33). The van der Waals surface area contributed by atoms with E-state index in [1.165, 1.54) is 37.6 Å². The minimum Gasteiger partial charge on any atom is -0.484 e. The lowest BCUT2D eigenvalue weighted by Crippen LogP contribution is -2.49. The molecular formula is C27H27N3O5S. The van der Waals surface area contributed by atoms with E-state index in [2.05, 4.69) is 15.6 Å². The second-order valence-corrected chi connectivity index (χ2v) is 9.71. The van der Waals surface area contributed by atoms with E-state index >= 15 is 0 Å². The molecule has 1 unspecified atom stereocenters. The molecule has 0 aliphatic carbocycles. The molecule has 3 N–H and O–H groups in total. The molecule has 1 atom stereocenters. The smallest absolute Gasteiger partial charge is 0.328 e. The molecule has 36 heavy (non-hydrogen) atoms. The normalized spacial score (nSPS) is 12.1. The summed E-state index contributed by atoms with van der Waals surface area (Å²) in [6, 6.07) is 19.3. The molecule has 8 nitrogen and oxygen atoms in total. The number of aliphatic carboxylic acids is 1. The van der Waals surface area contributed by atoms with E-state index in [9.17, 15) is 14.7 Å². The Morgan fingerprint density at radius 2 is 1.78 bits per heavy atom. The Hall–Kier alpha value is -4.11. The topological polar surface area (TPSA) is 114 Å². The van der Waals surface area contributed by atoms with Crippen LogP contribution in [0.2, 0.25) is 0 Å². The van der Waals surface area contributed by atoms with Gasteiger partial charge in [0, 0.05) is 0 Å². The summed E-state index contributed by atoms with van der Waals surface area (Å²) < 4.78 is 11.8. The van der Waals surface area contributed by atoms with Gasteiger partial charge >= 0.3 is 5.97 Å². The summed E-state index contributed by atoms with van der Waals surface area (Å²) in [6.45, 7) is 5.03. The Morgan fingerprint density at radius 1 is 1.11 bits per heavy atom. The largest absolute Gasteiger partial charge is 0.484 e. The summed E-state index contributed by atoms with van der Waals surface area (Å²) in [5.41, 5.74) is 0.500. The summed E-state index contributed by atoms with van der Waals surface area (Å²) in [6.07, 6.45) is 2.65. The van der Waals surface area contributed by atoms with Crippen LogP contribution in [-0.2, 0) is 4.79 Å². The molecule has 2 aromatic carbocycles.